The van der Waals surface area contributed by atoms with Crippen LogP contribution in [0, 0.1) is 0 Å². The van der Waals surface area contributed by atoms with Crippen LogP contribution in [0.2, 0.25) is 98.2 Å². The molecule has 0 aromatic heterocycles. The van der Waals surface area contributed by atoms with Gasteiger partial charge in [-0.2, -0.15) is 0 Å². The van der Waals surface area contributed by atoms with Gasteiger partial charge in [0.15, 0.2) is 8.32 Å². The minimum absolute atomic E-state index is 0.0625. The molecule has 0 spiro atoms. The van der Waals surface area contributed by atoms with Gasteiger partial charge in [0, 0.05) is 18.7 Å². The van der Waals surface area contributed by atoms with Crippen molar-refractivity contribution in [3.63, 3.8) is 0 Å². The Kier molecular flexibility index (Phi) is 12.2. The van der Waals surface area contributed by atoms with Gasteiger partial charge in [-0.25, -0.2) is 0 Å². The summed E-state index contributed by atoms with van der Waals surface area (Å²) in [7, 11) is -8.84. The third-order valence-electron chi connectivity index (χ3n) is 6.25. The van der Waals surface area contributed by atoms with Crippen molar-refractivity contribution < 1.29 is 17.7 Å². The SMILES string of the molecule is CC(Cc1ccc(O[Si](C)(C)C)cc1)N(CC(O[Si](C)(C)C)c1cc(O[Si](C)(C)C)cc(O[Si](C)(C)C)c1)[Si](C)(C)C. The first-order valence-corrected chi connectivity index (χ1v) is 32.6. The van der Waals surface area contributed by atoms with Gasteiger partial charge in [0.25, 0.3) is 0 Å². The van der Waals surface area contributed by atoms with E-state index in [0.29, 0.717) is 6.04 Å². The van der Waals surface area contributed by atoms with Gasteiger partial charge in [-0.3, -0.25) is 0 Å². The molecule has 2 unspecified atom stereocenters. The second-order valence-electron chi connectivity index (χ2n) is 16.6. The summed E-state index contributed by atoms with van der Waals surface area (Å²) in [4.78, 5) is 0. The van der Waals surface area contributed by atoms with Gasteiger partial charge in [-0.1, -0.05) is 31.8 Å². The molecule has 10 heteroatoms. The van der Waals surface area contributed by atoms with Crippen molar-refractivity contribution in [2.24, 2.45) is 0 Å². The standard InChI is InChI=1S/C32H61NO4Si5/c1-26(21-27-17-19-29(20-18-27)34-39(5,6)7)33(38(2,3)4)25-32(37-42(14,15)16)28-22-30(35-40(8,9)10)24-31(23-28)36-41(11,12)13/h17-20,22-24,26,32H,21,25H2,1-16H3. The molecule has 0 aliphatic carbocycles. The maximum absolute atomic E-state index is 7.00. The largest absolute Gasteiger partial charge is 0.544 e. The molecule has 0 heterocycles. The van der Waals surface area contributed by atoms with Gasteiger partial charge in [0.05, 0.1) is 6.10 Å². The van der Waals surface area contributed by atoms with E-state index in [4.69, 9.17) is 17.7 Å². The molecule has 0 aliphatic heterocycles. The minimum atomic E-state index is -1.88. The van der Waals surface area contributed by atoms with Gasteiger partial charge in [-0.15, -0.1) is 0 Å². The lowest BCUT2D eigenvalue weighted by Gasteiger charge is -2.42. The van der Waals surface area contributed by atoms with Crippen molar-refractivity contribution in [2.45, 2.75) is 124 Å². The van der Waals surface area contributed by atoms with Gasteiger partial charge in [-0.05, 0) is 127 Å². The lowest BCUT2D eigenvalue weighted by atomic mass is 10.1. The van der Waals surface area contributed by atoms with E-state index in [9.17, 15) is 0 Å². The van der Waals surface area contributed by atoms with Crippen LogP contribution >= 0.6 is 0 Å². The summed E-state index contributed by atoms with van der Waals surface area (Å²) in [6.07, 6.45) is 0.924. The van der Waals surface area contributed by atoms with Gasteiger partial charge < -0.3 is 22.3 Å². The molecular weight excluding hydrogens is 603 g/mol. The van der Waals surface area contributed by atoms with Crippen LogP contribution in [0.5, 0.6) is 17.2 Å². The van der Waals surface area contributed by atoms with Gasteiger partial charge >= 0.3 is 0 Å². The topological polar surface area (TPSA) is 40.2 Å². The molecule has 0 saturated heterocycles. The lowest BCUT2D eigenvalue weighted by Crippen LogP contribution is -2.54. The third kappa shape index (κ3) is 14.1. The molecule has 5 nitrogen and oxygen atoms in total. The summed E-state index contributed by atoms with van der Waals surface area (Å²) in [5.74, 6) is 2.78. The molecule has 0 saturated carbocycles. The fraction of sp³-hybridized carbons (Fsp3) is 0.625. The zero-order chi connectivity index (χ0) is 32.3. The van der Waals surface area contributed by atoms with Crippen LogP contribution in [0.4, 0.5) is 0 Å². The predicted molar refractivity (Wildman–Crippen MR) is 195 cm³/mol. The van der Waals surface area contributed by atoms with Crippen LogP contribution < -0.4 is 13.3 Å². The monoisotopic (exact) mass is 663 g/mol. The lowest BCUT2D eigenvalue weighted by molar-refractivity contribution is 0.147. The van der Waals surface area contributed by atoms with E-state index in [1.807, 2.05) is 0 Å². The van der Waals surface area contributed by atoms with Crippen LogP contribution in [-0.4, -0.2) is 58.7 Å². The van der Waals surface area contributed by atoms with Crippen molar-refractivity contribution >= 4 is 41.5 Å². The summed E-state index contributed by atoms with van der Waals surface area (Å²) >= 11 is 0. The van der Waals surface area contributed by atoms with Crippen LogP contribution in [0.25, 0.3) is 0 Å². The highest BCUT2D eigenvalue weighted by atomic mass is 28.4. The molecule has 0 N–H and O–H groups in total. The molecule has 42 heavy (non-hydrogen) atoms. The van der Waals surface area contributed by atoms with Crippen molar-refractivity contribution in [3.05, 3.63) is 53.6 Å². The summed E-state index contributed by atoms with van der Waals surface area (Å²) in [5.41, 5.74) is 2.50. The van der Waals surface area contributed by atoms with Crippen molar-refractivity contribution in [3.8, 4) is 17.2 Å². The molecule has 2 atom stereocenters. The van der Waals surface area contributed by atoms with Crippen LogP contribution in [-0.2, 0) is 10.8 Å². The maximum atomic E-state index is 7.00. The Morgan fingerprint density at radius 1 is 0.571 bits per heavy atom. The van der Waals surface area contributed by atoms with Crippen molar-refractivity contribution in [1.29, 1.82) is 0 Å². The van der Waals surface area contributed by atoms with E-state index in [2.05, 4.69) is 152 Å². The molecule has 0 fully saturated rings. The highest BCUT2D eigenvalue weighted by molar-refractivity contribution is 6.73. The summed E-state index contributed by atoms with van der Waals surface area (Å²) in [5, 5.41) is 0. The number of nitrogens with zero attached hydrogens (tertiary/aromatic N) is 1. The van der Waals surface area contributed by atoms with Crippen LogP contribution in [0.3, 0.4) is 0 Å². The van der Waals surface area contributed by atoms with Crippen LogP contribution in [0.1, 0.15) is 24.2 Å². The Labute approximate surface area is 263 Å². The number of hydrogen-bond acceptors (Lipinski definition) is 5. The molecule has 0 radical (unpaired) electrons. The maximum Gasteiger partial charge on any atom is 0.242 e. The number of hydrogen-bond donors (Lipinski definition) is 0. The Hall–Kier alpha value is -1.16. The average Bonchev–Trinajstić information content (AvgIpc) is 2.72. The Balaban J connectivity index is 2.47. The fourth-order valence-corrected chi connectivity index (χ4v) is 10.7. The van der Waals surface area contributed by atoms with Gasteiger partial charge in [0.2, 0.25) is 25.0 Å². The van der Waals surface area contributed by atoms with E-state index < -0.39 is 41.5 Å². The molecule has 0 aliphatic rings. The summed E-state index contributed by atoms with van der Waals surface area (Å²) < 4.78 is 29.0. The smallest absolute Gasteiger partial charge is 0.242 e. The summed E-state index contributed by atoms with van der Waals surface area (Å²) in [6.45, 7) is 37.5. The molecule has 2 aromatic carbocycles. The molecule has 0 amide bonds. The minimum Gasteiger partial charge on any atom is -0.544 e. The second kappa shape index (κ2) is 13.9. The number of benzene rings is 2. The summed E-state index contributed by atoms with van der Waals surface area (Å²) in [6, 6.07) is 15.6. The number of rotatable bonds is 15. The Bertz CT molecular complexity index is 1110. The molecule has 0 bridgehead atoms. The van der Waals surface area contributed by atoms with Crippen molar-refractivity contribution in [2.75, 3.05) is 6.54 Å². The Morgan fingerprint density at radius 3 is 1.38 bits per heavy atom. The first kappa shape index (κ1) is 37.0. The third-order valence-corrected chi connectivity index (χ3v) is 12.1. The highest BCUT2D eigenvalue weighted by Crippen LogP contribution is 2.34. The normalized spacial score (nSPS) is 15.0. The zero-order valence-corrected chi connectivity index (χ0v) is 34.7. The highest BCUT2D eigenvalue weighted by Gasteiger charge is 2.34. The van der Waals surface area contributed by atoms with E-state index in [1.165, 1.54) is 5.56 Å². The zero-order valence-electron chi connectivity index (χ0n) is 29.7. The van der Waals surface area contributed by atoms with E-state index in [-0.39, 0.29) is 6.10 Å². The molecule has 2 rings (SSSR count). The molecule has 2 aromatic rings. The first-order valence-electron chi connectivity index (χ1n) is 15.6. The van der Waals surface area contributed by atoms with Crippen molar-refractivity contribution in [1.82, 2.24) is 4.57 Å². The van der Waals surface area contributed by atoms with E-state index >= 15 is 0 Å². The van der Waals surface area contributed by atoms with Crippen LogP contribution in [0.15, 0.2) is 42.5 Å². The first-order chi connectivity index (χ1) is 18.8. The quantitative estimate of drug-likeness (QED) is 0.177. The van der Waals surface area contributed by atoms with Gasteiger partial charge in [0.1, 0.15) is 25.5 Å². The Morgan fingerprint density at radius 2 is 1.00 bits per heavy atom. The predicted octanol–water partition coefficient (Wildman–Crippen LogP) is 9.99. The van der Waals surface area contributed by atoms with E-state index in [1.54, 1.807) is 0 Å². The molecular formula is C32H61NO4Si5. The molecule has 238 valence electrons. The average molecular weight is 664 g/mol. The van der Waals surface area contributed by atoms with E-state index in [0.717, 1.165) is 35.8 Å². The fourth-order valence-electron chi connectivity index (χ4n) is 5.03. The second-order valence-corrected chi connectivity index (χ2v) is 39.3.